The molecule has 1 fully saturated rings. The Morgan fingerprint density at radius 2 is 1.89 bits per heavy atom. The van der Waals surface area contributed by atoms with Crippen molar-refractivity contribution in [3.8, 4) is 0 Å². The summed E-state index contributed by atoms with van der Waals surface area (Å²) in [6.07, 6.45) is 10.9. The average Bonchev–Trinajstić information content (AvgIpc) is 2.69. The largest absolute Gasteiger partial charge is 0.384 e. The van der Waals surface area contributed by atoms with E-state index in [2.05, 4.69) is 65.3 Å². The fraction of sp³-hybridized carbons (Fsp3) is 0.478. The maximum absolute atomic E-state index is 3.60. The molecule has 4 heteroatoms. The zero-order valence-electron chi connectivity index (χ0n) is 16.7. The van der Waals surface area contributed by atoms with Crippen molar-refractivity contribution in [3.63, 3.8) is 0 Å². The minimum Gasteiger partial charge on any atom is -0.384 e. The average molecular weight is 365 g/mol. The Hall–Kier alpha value is -2.20. The number of nitrogens with zero attached hydrogens (tertiary/aromatic N) is 1. The molecule has 4 rings (SSSR count). The van der Waals surface area contributed by atoms with Gasteiger partial charge in [-0.05, 0) is 76.4 Å². The minimum absolute atomic E-state index is 1.00. The van der Waals surface area contributed by atoms with Crippen molar-refractivity contribution < 1.29 is 0 Å². The number of rotatable bonds is 4. The molecule has 3 N–H and O–H groups in total. The molecule has 0 unspecified atom stereocenters. The van der Waals surface area contributed by atoms with Gasteiger partial charge in [-0.25, -0.2) is 0 Å². The van der Waals surface area contributed by atoms with Gasteiger partial charge in [0, 0.05) is 35.6 Å². The van der Waals surface area contributed by atoms with Gasteiger partial charge >= 0.3 is 0 Å². The lowest BCUT2D eigenvalue weighted by Gasteiger charge is -2.28. The lowest BCUT2D eigenvalue weighted by Crippen LogP contribution is -2.33. The number of anilines is 2. The highest BCUT2D eigenvalue weighted by molar-refractivity contribution is 5.88. The van der Waals surface area contributed by atoms with Crippen LogP contribution in [0.5, 0.6) is 0 Å². The van der Waals surface area contributed by atoms with Crippen LogP contribution in [0.1, 0.15) is 51.5 Å². The number of likely N-dealkylation sites (tertiary alicyclic amines) is 1. The first kappa shape index (κ1) is 18.2. The Morgan fingerprint density at radius 1 is 1.04 bits per heavy atom. The molecule has 3 aliphatic rings. The van der Waals surface area contributed by atoms with Crippen LogP contribution in [0.4, 0.5) is 11.4 Å². The van der Waals surface area contributed by atoms with E-state index < -0.39 is 0 Å². The van der Waals surface area contributed by atoms with E-state index in [1.54, 1.807) is 0 Å². The molecule has 0 amide bonds. The summed E-state index contributed by atoms with van der Waals surface area (Å²) in [5.41, 5.74) is 15.8. The van der Waals surface area contributed by atoms with E-state index in [4.69, 9.17) is 0 Å². The van der Waals surface area contributed by atoms with Crippen LogP contribution in [0, 0.1) is 0 Å². The molecule has 1 aromatic rings. The van der Waals surface area contributed by atoms with Crippen molar-refractivity contribution in [3.05, 3.63) is 52.8 Å². The Morgan fingerprint density at radius 3 is 2.74 bits per heavy atom. The number of nitrogens with one attached hydrogen (secondary N) is 3. The van der Waals surface area contributed by atoms with Crippen molar-refractivity contribution in [1.29, 1.82) is 0 Å². The molecule has 2 heterocycles. The van der Waals surface area contributed by atoms with Crippen LogP contribution >= 0.6 is 0 Å². The van der Waals surface area contributed by atoms with Gasteiger partial charge in [-0.15, -0.1) is 0 Å². The molecule has 27 heavy (non-hydrogen) atoms. The van der Waals surface area contributed by atoms with Gasteiger partial charge in [0.1, 0.15) is 0 Å². The first-order valence-electron chi connectivity index (χ1n) is 10.4. The summed E-state index contributed by atoms with van der Waals surface area (Å²) >= 11 is 0. The third kappa shape index (κ3) is 4.22. The SMILES string of the molecule is CC1=CCCC2=C(C=C1C)c1ccc(NCCN3CCCCC3)cc1NN2. The third-order valence-corrected chi connectivity index (χ3v) is 6.02. The number of fused-ring (bicyclic) bond motifs is 2. The minimum atomic E-state index is 1.00. The van der Waals surface area contributed by atoms with Gasteiger partial charge in [0.15, 0.2) is 0 Å². The zero-order chi connectivity index (χ0) is 18.6. The van der Waals surface area contributed by atoms with E-state index in [0.717, 1.165) is 31.6 Å². The zero-order valence-corrected chi connectivity index (χ0v) is 16.7. The summed E-state index contributed by atoms with van der Waals surface area (Å²) < 4.78 is 0. The van der Waals surface area contributed by atoms with Crippen molar-refractivity contribution in [2.24, 2.45) is 0 Å². The number of hydrazine groups is 1. The van der Waals surface area contributed by atoms with Crippen LogP contribution < -0.4 is 16.2 Å². The first-order chi connectivity index (χ1) is 13.2. The molecule has 2 aliphatic heterocycles. The topological polar surface area (TPSA) is 39.3 Å². The number of piperidine rings is 1. The molecular weight excluding hydrogens is 332 g/mol. The quantitative estimate of drug-likeness (QED) is 0.710. The van der Waals surface area contributed by atoms with Gasteiger partial charge in [0.25, 0.3) is 0 Å². The van der Waals surface area contributed by atoms with E-state index >= 15 is 0 Å². The fourth-order valence-corrected chi connectivity index (χ4v) is 4.19. The lowest BCUT2D eigenvalue weighted by molar-refractivity contribution is 0.237. The summed E-state index contributed by atoms with van der Waals surface area (Å²) in [6.45, 7) is 9.07. The van der Waals surface area contributed by atoms with E-state index in [1.807, 2.05) is 0 Å². The summed E-state index contributed by atoms with van der Waals surface area (Å²) in [4.78, 5) is 2.57. The first-order valence-corrected chi connectivity index (χ1v) is 10.4. The Bertz CT molecular complexity index is 782. The number of benzene rings is 1. The van der Waals surface area contributed by atoms with Crippen molar-refractivity contribution in [2.45, 2.75) is 46.0 Å². The summed E-state index contributed by atoms with van der Waals surface area (Å²) in [5.74, 6) is 0. The van der Waals surface area contributed by atoms with E-state index in [-0.39, 0.29) is 0 Å². The lowest BCUT2D eigenvalue weighted by atomic mass is 9.92. The van der Waals surface area contributed by atoms with E-state index in [0.29, 0.717) is 0 Å². The maximum atomic E-state index is 3.60. The van der Waals surface area contributed by atoms with Crippen molar-refractivity contribution in [2.75, 3.05) is 36.9 Å². The predicted octanol–water partition coefficient (Wildman–Crippen LogP) is 4.91. The molecule has 0 aromatic heterocycles. The molecule has 0 atom stereocenters. The monoisotopic (exact) mass is 364 g/mol. The van der Waals surface area contributed by atoms with Crippen LogP contribution in [0.25, 0.3) is 5.57 Å². The Kier molecular flexibility index (Phi) is 5.53. The van der Waals surface area contributed by atoms with Gasteiger partial charge in [0.2, 0.25) is 0 Å². The summed E-state index contributed by atoms with van der Waals surface area (Å²) in [7, 11) is 0. The standard InChI is InChI=1S/C23H32N4/c1-17-7-6-8-22-21(15-18(17)2)20-10-9-19(16-23(20)26-25-22)24-11-14-27-12-4-3-5-13-27/h7,9-10,15-16,24-26H,3-6,8,11-14H2,1-2H3. The molecule has 0 bridgehead atoms. The Balaban J connectivity index is 1.47. The highest BCUT2D eigenvalue weighted by atomic mass is 15.4. The highest BCUT2D eigenvalue weighted by Gasteiger charge is 2.19. The van der Waals surface area contributed by atoms with E-state index in [1.165, 1.54) is 66.0 Å². The van der Waals surface area contributed by atoms with Gasteiger partial charge in [0.05, 0.1) is 5.69 Å². The molecular formula is C23H32N4. The number of hydrogen-bond donors (Lipinski definition) is 3. The molecule has 1 aromatic carbocycles. The van der Waals surface area contributed by atoms with Crippen LogP contribution in [0.15, 0.2) is 47.2 Å². The molecule has 1 aliphatic carbocycles. The number of hydrogen-bond acceptors (Lipinski definition) is 4. The summed E-state index contributed by atoms with van der Waals surface area (Å²) in [6, 6.07) is 6.70. The Labute approximate surface area is 163 Å². The van der Waals surface area contributed by atoms with Gasteiger partial charge in [-0.2, -0.15) is 0 Å². The highest BCUT2D eigenvalue weighted by Crippen LogP contribution is 2.36. The second kappa shape index (κ2) is 8.22. The normalized spacial score (nSPS) is 20.2. The molecule has 1 saturated heterocycles. The van der Waals surface area contributed by atoms with E-state index in [9.17, 15) is 0 Å². The summed E-state index contributed by atoms with van der Waals surface area (Å²) in [5, 5.41) is 3.60. The van der Waals surface area contributed by atoms with Crippen molar-refractivity contribution >= 4 is 16.9 Å². The molecule has 4 nitrogen and oxygen atoms in total. The van der Waals surface area contributed by atoms with Crippen LogP contribution in [0.3, 0.4) is 0 Å². The van der Waals surface area contributed by atoms with Gasteiger partial charge in [-0.3, -0.25) is 0 Å². The molecule has 144 valence electrons. The van der Waals surface area contributed by atoms with Crippen LogP contribution in [-0.4, -0.2) is 31.1 Å². The fourth-order valence-electron chi connectivity index (χ4n) is 4.19. The third-order valence-electron chi connectivity index (χ3n) is 6.02. The smallest absolute Gasteiger partial charge is 0.0639 e. The van der Waals surface area contributed by atoms with Crippen LogP contribution in [-0.2, 0) is 0 Å². The molecule has 0 spiro atoms. The molecule has 0 saturated carbocycles. The second-order valence-electron chi connectivity index (χ2n) is 7.98. The van der Waals surface area contributed by atoms with Crippen LogP contribution in [0.2, 0.25) is 0 Å². The maximum Gasteiger partial charge on any atom is 0.0639 e. The second-order valence-corrected chi connectivity index (χ2v) is 7.98. The predicted molar refractivity (Wildman–Crippen MR) is 116 cm³/mol. The molecule has 0 radical (unpaired) electrons. The van der Waals surface area contributed by atoms with Gasteiger partial charge < -0.3 is 21.1 Å². The van der Waals surface area contributed by atoms with Crippen molar-refractivity contribution in [1.82, 2.24) is 10.3 Å². The van der Waals surface area contributed by atoms with Gasteiger partial charge in [-0.1, -0.05) is 24.1 Å². The number of allylic oxidation sites excluding steroid dienone is 6.